The van der Waals surface area contributed by atoms with Gasteiger partial charge in [0, 0.05) is 10.2 Å². The van der Waals surface area contributed by atoms with Gasteiger partial charge in [-0.1, -0.05) is 28.1 Å². The number of rotatable bonds is 6. The predicted octanol–water partition coefficient (Wildman–Crippen LogP) is 2.64. The van der Waals surface area contributed by atoms with Gasteiger partial charge in [0.25, 0.3) is 0 Å². The van der Waals surface area contributed by atoms with Crippen LogP contribution in [-0.2, 0) is 19.6 Å². The van der Waals surface area contributed by atoms with Gasteiger partial charge in [0.15, 0.2) is 0 Å². The molecule has 0 saturated carbocycles. The summed E-state index contributed by atoms with van der Waals surface area (Å²) in [6.07, 6.45) is 1.03. The smallest absolute Gasteiger partial charge is 0.337 e. The van der Waals surface area contributed by atoms with E-state index in [9.17, 15) is 18.0 Å². The van der Waals surface area contributed by atoms with Crippen molar-refractivity contribution in [2.24, 2.45) is 0 Å². The highest BCUT2D eigenvalue weighted by Crippen LogP contribution is 2.22. The maximum Gasteiger partial charge on any atom is 0.337 e. The normalized spacial score (nSPS) is 10.9. The molecule has 0 radical (unpaired) electrons. The number of nitrogens with one attached hydrogen (secondary N) is 1. The molecule has 0 atom stereocenters. The molecule has 0 bridgehead atoms. The van der Waals surface area contributed by atoms with E-state index >= 15 is 0 Å². The number of benzene rings is 2. The lowest BCUT2D eigenvalue weighted by atomic mass is 10.2. The van der Waals surface area contributed by atoms with Crippen molar-refractivity contribution >= 4 is 49.2 Å². The lowest BCUT2D eigenvalue weighted by molar-refractivity contribution is -0.114. The Bertz CT molecular complexity index is 930. The van der Waals surface area contributed by atoms with Crippen LogP contribution in [0.5, 0.6) is 0 Å². The number of amides is 1. The molecule has 0 aliphatic rings. The third kappa shape index (κ3) is 5.30. The van der Waals surface area contributed by atoms with Gasteiger partial charge in [0.05, 0.1) is 24.6 Å². The van der Waals surface area contributed by atoms with Crippen LogP contribution in [0, 0.1) is 0 Å². The molecule has 1 N–H and O–H groups in total. The lowest BCUT2D eigenvalue weighted by Gasteiger charge is -2.22. The summed E-state index contributed by atoms with van der Waals surface area (Å²) in [4.78, 5) is 23.9. The van der Waals surface area contributed by atoms with Gasteiger partial charge in [-0.25, -0.2) is 13.2 Å². The quantitative estimate of drug-likeness (QED) is 0.696. The highest BCUT2D eigenvalue weighted by molar-refractivity contribution is 9.10. The molecule has 0 aromatic heterocycles. The van der Waals surface area contributed by atoms with Crippen LogP contribution in [0.4, 0.5) is 11.4 Å². The molecule has 0 aliphatic heterocycles. The van der Waals surface area contributed by atoms with E-state index in [1.54, 1.807) is 42.5 Å². The third-order valence-electron chi connectivity index (χ3n) is 3.35. The van der Waals surface area contributed by atoms with Gasteiger partial charge < -0.3 is 10.1 Å². The van der Waals surface area contributed by atoms with Gasteiger partial charge in [-0.3, -0.25) is 9.10 Å². The fourth-order valence-corrected chi connectivity index (χ4v) is 3.44. The summed E-state index contributed by atoms with van der Waals surface area (Å²) in [5.74, 6) is -1.08. The maximum atomic E-state index is 12.3. The van der Waals surface area contributed by atoms with Crippen LogP contribution in [0.15, 0.2) is 53.0 Å². The Balaban J connectivity index is 2.19. The Labute approximate surface area is 160 Å². The van der Waals surface area contributed by atoms with Crippen molar-refractivity contribution in [3.63, 3.8) is 0 Å². The third-order valence-corrected chi connectivity index (χ3v) is 4.98. The number of hydrogen-bond acceptors (Lipinski definition) is 5. The average molecular weight is 441 g/mol. The van der Waals surface area contributed by atoms with Crippen molar-refractivity contribution in [1.82, 2.24) is 0 Å². The molecule has 1 amide bonds. The van der Waals surface area contributed by atoms with Crippen molar-refractivity contribution in [1.29, 1.82) is 0 Å². The molecule has 9 heteroatoms. The molecule has 138 valence electrons. The Hall–Kier alpha value is -2.39. The van der Waals surface area contributed by atoms with Gasteiger partial charge in [-0.15, -0.1) is 0 Å². The Morgan fingerprint density at radius 3 is 2.46 bits per heavy atom. The number of halogens is 1. The molecule has 2 aromatic carbocycles. The largest absolute Gasteiger partial charge is 0.465 e. The highest BCUT2D eigenvalue weighted by Gasteiger charge is 2.21. The van der Waals surface area contributed by atoms with E-state index in [0.717, 1.165) is 10.6 Å². The van der Waals surface area contributed by atoms with Crippen LogP contribution >= 0.6 is 15.9 Å². The van der Waals surface area contributed by atoms with Crippen LogP contribution < -0.4 is 9.62 Å². The van der Waals surface area contributed by atoms with E-state index < -0.39 is 28.4 Å². The Kier molecular flexibility index (Phi) is 6.38. The van der Waals surface area contributed by atoms with Crippen molar-refractivity contribution in [3.05, 3.63) is 58.6 Å². The number of hydrogen-bond donors (Lipinski definition) is 1. The fraction of sp³-hybridized carbons (Fsp3) is 0.176. The van der Waals surface area contributed by atoms with Crippen LogP contribution in [0.2, 0.25) is 0 Å². The van der Waals surface area contributed by atoms with Crippen LogP contribution in [0.25, 0.3) is 0 Å². The Morgan fingerprint density at radius 1 is 1.15 bits per heavy atom. The number of esters is 1. The maximum absolute atomic E-state index is 12.3. The predicted molar refractivity (Wildman–Crippen MR) is 103 cm³/mol. The molecule has 7 nitrogen and oxygen atoms in total. The minimum Gasteiger partial charge on any atom is -0.465 e. The van der Waals surface area contributed by atoms with Crippen molar-refractivity contribution < 1.29 is 22.7 Å². The van der Waals surface area contributed by atoms with Gasteiger partial charge in [-0.05, 0) is 36.4 Å². The number of methoxy groups -OCH3 is 1. The van der Waals surface area contributed by atoms with Crippen LogP contribution in [0.1, 0.15) is 10.4 Å². The van der Waals surface area contributed by atoms with E-state index in [0.29, 0.717) is 15.8 Å². The highest BCUT2D eigenvalue weighted by atomic mass is 79.9. The first-order valence-corrected chi connectivity index (χ1v) is 10.1. The molecular weight excluding hydrogens is 424 g/mol. The summed E-state index contributed by atoms with van der Waals surface area (Å²) < 4.78 is 30.5. The number of ether oxygens (including phenoxy) is 1. The lowest BCUT2D eigenvalue weighted by Crippen LogP contribution is -2.37. The molecule has 0 aliphatic carbocycles. The number of sulfonamides is 1. The van der Waals surface area contributed by atoms with Gasteiger partial charge >= 0.3 is 5.97 Å². The number of nitrogens with zero attached hydrogens (tertiary/aromatic N) is 1. The summed E-state index contributed by atoms with van der Waals surface area (Å²) in [7, 11) is -2.41. The second-order valence-corrected chi connectivity index (χ2v) is 8.19. The zero-order chi connectivity index (χ0) is 19.3. The van der Waals surface area contributed by atoms with E-state index in [-0.39, 0.29) is 5.56 Å². The molecule has 0 spiro atoms. The first-order valence-electron chi connectivity index (χ1n) is 7.42. The van der Waals surface area contributed by atoms with Gasteiger partial charge in [0.2, 0.25) is 15.9 Å². The molecule has 2 aromatic rings. The molecule has 0 fully saturated rings. The molecule has 26 heavy (non-hydrogen) atoms. The Morgan fingerprint density at radius 2 is 1.85 bits per heavy atom. The second kappa shape index (κ2) is 8.33. The fourth-order valence-electron chi connectivity index (χ4n) is 2.20. The zero-order valence-electron chi connectivity index (χ0n) is 14.1. The van der Waals surface area contributed by atoms with E-state index in [4.69, 9.17) is 0 Å². The monoisotopic (exact) mass is 440 g/mol. The first kappa shape index (κ1) is 19.9. The number of anilines is 2. The SMILES string of the molecule is COC(=O)c1cccc(NC(=O)CN(c2cccc(Br)c2)S(C)(=O)=O)c1. The summed E-state index contributed by atoms with van der Waals surface area (Å²) in [6, 6.07) is 12.8. The van der Waals surface area contributed by atoms with Gasteiger partial charge in [-0.2, -0.15) is 0 Å². The minimum absolute atomic E-state index is 0.275. The second-order valence-electron chi connectivity index (χ2n) is 5.37. The van der Waals surface area contributed by atoms with Crippen molar-refractivity contribution in [2.75, 3.05) is 29.5 Å². The topological polar surface area (TPSA) is 92.8 Å². The van der Waals surface area contributed by atoms with E-state index in [1.807, 2.05) is 0 Å². The van der Waals surface area contributed by atoms with Crippen LogP contribution in [0.3, 0.4) is 0 Å². The van der Waals surface area contributed by atoms with Crippen LogP contribution in [-0.4, -0.2) is 40.2 Å². The first-order chi connectivity index (χ1) is 12.2. The molecule has 2 rings (SSSR count). The van der Waals surface area contributed by atoms with E-state index in [2.05, 4.69) is 26.0 Å². The van der Waals surface area contributed by atoms with Gasteiger partial charge in [0.1, 0.15) is 6.54 Å². The molecule has 0 heterocycles. The standard InChI is InChI=1S/C17H17BrN2O5S/c1-25-17(22)12-5-3-7-14(9-12)19-16(21)11-20(26(2,23)24)15-8-4-6-13(18)10-15/h3-10H,11H2,1-2H3,(H,19,21). The average Bonchev–Trinajstić information content (AvgIpc) is 2.58. The summed E-state index contributed by atoms with van der Waals surface area (Å²) in [6.45, 7) is -0.405. The minimum atomic E-state index is -3.67. The zero-order valence-corrected chi connectivity index (χ0v) is 16.5. The number of carbonyl (C=O) groups excluding carboxylic acids is 2. The number of carbonyl (C=O) groups is 2. The van der Waals surface area contributed by atoms with Crippen molar-refractivity contribution in [2.45, 2.75) is 0 Å². The molecule has 0 unspecified atom stereocenters. The summed E-state index contributed by atoms with van der Waals surface area (Å²) in [5.41, 5.74) is 0.998. The van der Waals surface area contributed by atoms with Crippen molar-refractivity contribution in [3.8, 4) is 0 Å². The molecule has 0 saturated heterocycles. The molecular formula is C17H17BrN2O5S. The summed E-state index contributed by atoms with van der Waals surface area (Å²) >= 11 is 3.28. The van der Waals surface area contributed by atoms with E-state index in [1.165, 1.54) is 13.2 Å². The summed E-state index contributed by atoms with van der Waals surface area (Å²) in [5, 5.41) is 2.58.